The Bertz CT molecular complexity index is 738. The Balaban J connectivity index is 2.31. The first kappa shape index (κ1) is 12.9. The number of hydrogen-bond acceptors (Lipinski definition) is 0. The molecule has 0 saturated carbocycles. The van der Waals surface area contributed by atoms with Crippen molar-refractivity contribution < 1.29 is 4.39 Å². The minimum atomic E-state index is -0.132. The smallest absolute Gasteiger partial charge is 0.131 e. The highest BCUT2D eigenvalue weighted by Crippen LogP contribution is 2.33. The van der Waals surface area contributed by atoms with Crippen LogP contribution >= 0.6 is 0 Å². The molecule has 0 aromatic heterocycles. The van der Waals surface area contributed by atoms with Gasteiger partial charge in [0.15, 0.2) is 0 Å². The number of rotatable bonds is 3. The molecule has 0 nitrogen and oxygen atoms in total. The Hall–Kier alpha value is -2.15. The van der Waals surface area contributed by atoms with Gasteiger partial charge in [0.25, 0.3) is 0 Å². The zero-order valence-corrected chi connectivity index (χ0v) is 11.6. The van der Waals surface area contributed by atoms with E-state index < -0.39 is 0 Å². The Morgan fingerprint density at radius 3 is 2.45 bits per heavy atom. The van der Waals surface area contributed by atoms with Gasteiger partial charge in [-0.2, -0.15) is 0 Å². The van der Waals surface area contributed by atoms with Gasteiger partial charge in [-0.3, -0.25) is 0 Å². The second-order valence-corrected chi connectivity index (χ2v) is 5.05. The minimum absolute atomic E-state index is 0.132. The second-order valence-electron chi connectivity index (χ2n) is 5.05. The van der Waals surface area contributed by atoms with Crippen molar-refractivity contribution in [1.82, 2.24) is 0 Å². The molecule has 0 atom stereocenters. The summed E-state index contributed by atoms with van der Waals surface area (Å²) >= 11 is 0. The van der Waals surface area contributed by atoms with Crippen LogP contribution in [0.25, 0.3) is 21.9 Å². The molecule has 100 valence electrons. The quantitative estimate of drug-likeness (QED) is 0.577. The SMILES string of the molecule is CCCc1cccc(F)c1-c1cccc2ccccc12. The van der Waals surface area contributed by atoms with E-state index in [0.717, 1.165) is 40.3 Å². The average Bonchev–Trinajstić information content (AvgIpc) is 2.48. The van der Waals surface area contributed by atoms with E-state index in [1.54, 1.807) is 12.1 Å². The average molecular weight is 264 g/mol. The maximum atomic E-state index is 14.4. The standard InChI is InChI=1S/C19H17F/c1-2-7-15-10-6-13-18(20)19(15)17-12-5-9-14-8-3-4-11-16(14)17/h3-6,8-13H,2,7H2,1H3. The van der Waals surface area contributed by atoms with Crippen LogP contribution in [0.3, 0.4) is 0 Å². The first-order chi connectivity index (χ1) is 9.81. The van der Waals surface area contributed by atoms with Crippen molar-refractivity contribution >= 4 is 10.8 Å². The lowest BCUT2D eigenvalue weighted by Gasteiger charge is -2.13. The molecule has 0 spiro atoms. The maximum absolute atomic E-state index is 14.4. The van der Waals surface area contributed by atoms with Crippen molar-refractivity contribution in [2.45, 2.75) is 19.8 Å². The summed E-state index contributed by atoms with van der Waals surface area (Å²) in [6.45, 7) is 2.12. The minimum Gasteiger partial charge on any atom is -0.206 e. The highest BCUT2D eigenvalue weighted by atomic mass is 19.1. The predicted molar refractivity (Wildman–Crippen MR) is 83.3 cm³/mol. The fourth-order valence-electron chi connectivity index (χ4n) is 2.79. The molecule has 0 heterocycles. The predicted octanol–water partition coefficient (Wildman–Crippen LogP) is 5.60. The summed E-state index contributed by atoms with van der Waals surface area (Å²) in [7, 11) is 0. The Labute approximate surface area is 118 Å². The zero-order chi connectivity index (χ0) is 13.9. The molecule has 3 aromatic carbocycles. The zero-order valence-electron chi connectivity index (χ0n) is 11.6. The van der Waals surface area contributed by atoms with Gasteiger partial charge in [0.2, 0.25) is 0 Å². The Kier molecular flexibility index (Phi) is 3.51. The van der Waals surface area contributed by atoms with Crippen LogP contribution in [0.5, 0.6) is 0 Å². The third kappa shape index (κ3) is 2.20. The van der Waals surface area contributed by atoms with Crippen LogP contribution in [-0.4, -0.2) is 0 Å². The number of fused-ring (bicyclic) bond motifs is 1. The monoisotopic (exact) mass is 264 g/mol. The van der Waals surface area contributed by atoms with E-state index in [1.807, 2.05) is 30.3 Å². The summed E-state index contributed by atoms with van der Waals surface area (Å²) in [4.78, 5) is 0. The van der Waals surface area contributed by atoms with Gasteiger partial charge in [0.1, 0.15) is 5.82 Å². The molecule has 0 aliphatic heterocycles. The number of benzene rings is 3. The van der Waals surface area contributed by atoms with Gasteiger partial charge in [-0.15, -0.1) is 0 Å². The van der Waals surface area contributed by atoms with Gasteiger partial charge in [-0.25, -0.2) is 4.39 Å². The number of aryl methyl sites for hydroxylation is 1. The first-order valence-corrected chi connectivity index (χ1v) is 7.07. The van der Waals surface area contributed by atoms with Crippen LogP contribution in [0.4, 0.5) is 4.39 Å². The van der Waals surface area contributed by atoms with Gasteiger partial charge in [-0.05, 0) is 34.4 Å². The van der Waals surface area contributed by atoms with Crippen LogP contribution in [-0.2, 0) is 6.42 Å². The van der Waals surface area contributed by atoms with Crippen LogP contribution in [0.1, 0.15) is 18.9 Å². The van der Waals surface area contributed by atoms with E-state index in [-0.39, 0.29) is 5.82 Å². The molecule has 0 aliphatic carbocycles. The Morgan fingerprint density at radius 1 is 0.850 bits per heavy atom. The van der Waals surface area contributed by atoms with Crippen molar-refractivity contribution in [2.75, 3.05) is 0 Å². The lowest BCUT2D eigenvalue weighted by molar-refractivity contribution is 0.629. The molecule has 0 radical (unpaired) electrons. The lowest BCUT2D eigenvalue weighted by atomic mass is 9.92. The fraction of sp³-hybridized carbons (Fsp3) is 0.158. The van der Waals surface area contributed by atoms with E-state index in [2.05, 4.69) is 25.1 Å². The summed E-state index contributed by atoms with van der Waals surface area (Å²) in [5, 5.41) is 2.26. The van der Waals surface area contributed by atoms with Crippen molar-refractivity contribution in [3.63, 3.8) is 0 Å². The molecular weight excluding hydrogens is 247 g/mol. The lowest BCUT2D eigenvalue weighted by Crippen LogP contribution is -1.94. The van der Waals surface area contributed by atoms with Crippen LogP contribution < -0.4 is 0 Å². The van der Waals surface area contributed by atoms with Gasteiger partial charge in [0.05, 0.1) is 0 Å². The van der Waals surface area contributed by atoms with Gasteiger partial charge in [-0.1, -0.05) is 67.9 Å². The maximum Gasteiger partial charge on any atom is 0.131 e. The fourth-order valence-corrected chi connectivity index (χ4v) is 2.79. The van der Waals surface area contributed by atoms with Gasteiger partial charge < -0.3 is 0 Å². The number of hydrogen-bond donors (Lipinski definition) is 0. The van der Waals surface area contributed by atoms with Gasteiger partial charge in [0, 0.05) is 5.56 Å². The van der Waals surface area contributed by atoms with Crippen molar-refractivity contribution in [3.8, 4) is 11.1 Å². The highest BCUT2D eigenvalue weighted by Gasteiger charge is 2.12. The molecule has 20 heavy (non-hydrogen) atoms. The van der Waals surface area contributed by atoms with E-state index >= 15 is 0 Å². The Morgan fingerprint density at radius 2 is 1.60 bits per heavy atom. The third-order valence-electron chi connectivity index (χ3n) is 3.68. The number of halogens is 1. The van der Waals surface area contributed by atoms with Gasteiger partial charge >= 0.3 is 0 Å². The highest BCUT2D eigenvalue weighted by molar-refractivity contribution is 5.97. The van der Waals surface area contributed by atoms with Crippen molar-refractivity contribution in [1.29, 1.82) is 0 Å². The normalized spacial score (nSPS) is 10.9. The molecule has 0 saturated heterocycles. The summed E-state index contributed by atoms with van der Waals surface area (Å²) in [5.74, 6) is -0.132. The summed E-state index contributed by atoms with van der Waals surface area (Å²) in [6.07, 6.45) is 1.91. The molecule has 0 unspecified atom stereocenters. The molecule has 0 N–H and O–H groups in total. The summed E-state index contributed by atoms with van der Waals surface area (Å²) in [5.41, 5.74) is 2.83. The van der Waals surface area contributed by atoms with E-state index in [0.29, 0.717) is 0 Å². The molecule has 3 rings (SSSR count). The third-order valence-corrected chi connectivity index (χ3v) is 3.68. The topological polar surface area (TPSA) is 0 Å². The molecule has 0 fully saturated rings. The molecule has 0 bridgehead atoms. The second kappa shape index (κ2) is 5.46. The van der Waals surface area contributed by atoms with E-state index in [9.17, 15) is 4.39 Å². The van der Waals surface area contributed by atoms with E-state index in [4.69, 9.17) is 0 Å². The summed E-state index contributed by atoms with van der Waals surface area (Å²) in [6, 6.07) is 19.6. The molecular formula is C19H17F. The first-order valence-electron chi connectivity index (χ1n) is 7.07. The van der Waals surface area contributed by atoms with Crippen molar-refractivity contribution in [3.05, 3.63) is 72.0 Å². The summed E-state index contributed by atoms with van der Waals surface area (Å²) < 4.78 is 14.4. The van der Waals surface area contributed by atoms with Crippen LogP contribution in [0.2, 0.25) is 0 Å². The molecule has 1 heteroatoms. The largest absolute Gasteiger partial charge is 0.206 e. The molecule has 3 aromatic rings. The van der Waals surface area contributed by atoms with Crippen LogP contribution in [0, 0.1) is 5.82 Å². The molecule has 0 amide bonds. The van der Waals surface area contributed by atoms with E-state index in [1.165, 1.54) is 0 Å². The molecule has 0 aliphatic rings. The van der Waals surface area contributed by atoms with Crippen LogP contribution in [0.15, 0.2) is 60.7 Å². The van der Waals surface area contributed by atoms with Crippen molar-refractivity contribution in [2.24, 2.45) is 0 Å².